The van der Waals surface area contributed by atoms with Crippen LogP contribution in [0.15, 0.2) is 5.38 Å². The summed E-state index contributed by atoms with van der Waals surface area (Å²) in [5.41, 5.74) is 1.81. The lowest BCUT2D eigenvalue weighted by molar-refractivity contribution is -0.122. The molecule has 2 heterocycles. The van der Waals surface area contributed by atoms with Crippen molar-refractivity contribution < 1.29 is 9.59 Å². The van der Waals surface area contributed by atoms with Gasteiger partial charge < -0.3 is 5.32 Å². The third-order valence-electron chi connectivity index (χ3n) is 4.49. The number of carbonyl (C=O) groups excluding carboxylic acids is 2. The molecule has 134 valence electrons. The number of hydrogen-bond acceptors (Lipinski definition) is 6. The molecular formula is C18H23N3O2S2. The number of Topliss-reactive ketones (excluding diaryl/α,β-unsaturated/α-hetero) is 1. The molecule has 1 atom stereocenters. The van der Waals surface area contributed by atoms with E-state index in [1.165, 1.54) is 37.0 Å². The summed E-state index contributed by atoms with van der Waals surface area (Å²) in [6, 6.07) is 0. The average molecular weight is 378 g/mol. The fraction of sp³-hybridized carbons (Fsp3) is 0.556. The van der Waals surface area contributed by atoms with Crippen LogP contribution < -0.4 is 5.32 Å². The maximum atomic E-state index is 12.1. The maximum Gasteiger partial charge on any atom is 0.229 e. The van der Waals surface area contributed by atoms with Crippen LogP contribution in [0.3, 0.4) is 0 Å². The summed E-state index contributed by atoms with van der Waals surface area (Å²) in [4.78, 5) is 33.2. The van der Waals surface area contributed by atoms with Crippen LogP contribution in [0.5, 0.6) is 0 Å². The van der Waals surface area contributed by atoms with Crippen molar-refractivity contribution in [1.29, 1.82) is 0 Å². The number of ketones is 1. The van der Waals surface area contributed by atoms with Crippen LogP contribution in [-0.2, 0) is 9.59 Å². The maximum absolute atomic E-state index is 12.1. The van der Waals surface area contributed by atoms with Gasteiger partial charge in [0.2, 0.25) is 5.91 Å². The smallest absolute Gasteiger partial charge is 0.229 e. The lowest BCUT2D eigenvalue weighted by Crippen LogP contribution is -2.20. The molecule has 1 amide bonds. The van der Waals surface area contributed by atoms with Gasteiger partial charge in [-0.05, 0) is 20.3 Å². The summed E-state index contributed by atoms with van der Waals surface area (Å²) in [5.74, 6) is -0.123. The van der Waals surface area contributed by atoms with E-state index < -0.39 is 0 Å². The van der Waals surface area contributed by atoms with Crippen molar-refractivity contribution in [2.24, 2.45) is 5.92 Å². The number of amides is 1. The van der Waals surface area contributed by atoms with Crippen LogP contribution in [-0.4, -0.2) is 21.7 Å². The first kappa shape index (κ1) is 18.2. The highest BCUT2D eigenvalue weighted by molar-refractivity contribution is 7.16. The second kappa shape index (κ2) is 8.19. The van der Waals surface area contributed by atoms with Gasteiger partial charge in [0, 0.05) is 24.1 Å². The van der Waals surface area contributed by atoms with Crippen molar-refractivity contribution in [3.05, 3.63) is 16.1 Å². The molecule has 1 unspecified atom stereocenters. The summed E-state index contributed by atoms with van der Waals surface area (Å²) in [5, 5.41) is 6.34. The highest BCUT2D eigenvalue weighted by Crippen LogP contribution is 2.32. The van der Waals surface area contributed by atoms with Crippen molar-refractivity contribution in [3.8, 4) is 10.6 Å². The van der Waals surface area contributed by atoms with Crippen LogP contribution in [0.4, 0.5) is 5.13 Å². The van der Waals surface area contributed by atoms with Gasteiger partial charge in [0.25, 0.3) is 0 Å². The number of carbonyl (C=O) groups is 2. The minimum Gasteiger partial charge on any atom is -0.302 e. The van der Waals surface area contributed by atoms with Crippen molar-refractivity contribution in [2.75, 3.05) is 5.32 Å². The molecule has 0 radical (unpaired) electrons. The molecule has 0 aromatic carbocycles. The van der Waals surface area contributed by atoms with Crippen LogP contribution in [0.2, 0.25) is 0 Å². The standard InChI is InChI=1S/C14H15N3O2S2.C4H8/c1-7-12(21-8(2)15-7)11-6-20-14(16-11)17-13(19)9-3-4-10(18)5-9;1-2-4-3-1/h6,9H,3-5H2,1-2H3,(H,16,17,19);1-4H2. The van der Waals surface area contributed by atoms with Crippen molar-refractivity contribution in [2.45, 2.75) is 58.8 Å². The summed E-state index contributed by atoms with van der Waals surface area (Å²) in [6.07, 6.45) is 7.52. The number of nitrogens with one attached hydrogen (secondary N) is 1. The summed E-state index contributed by atoms with van der Waals surface area (Å²) >= 11 is 3.00. The van der Waals surface area contributed by atoms with Crippen molar-refractivity contribution in [3.63, 3.8) is 0 Å². The van der Waals surface area contributed by atoms with Crippen LogP contribution in [0.25, 0.3) is 10.6 Å². The Bertz CT molecular complexity index is 758. The number of hydrogen-bond donors (Lipinski definition) is 1. The van der Waals surface area contributed by atoms with Gasteiger partial charge in [0.05, 0.1) is 21.3 Å². The number of anilines is 1. The van der Waals surface area contributed by atoms with E-state index in [1.54, 1.807) is 11.3 Å². The van der Waals surface area contributed by atoms with Gasteiger partial charge in [-0.1, -0.05) is 25.7 Å². The number of thiazole rings is 2. The number of rotatable bonds is 3. The second-order valence-electron chi connectivity index (χ2n) is 6.57. The Morgan fingerprint density at radius 3 is 2.44 bits per heavy atom. The van der Waals surface area contributed by atoms with Gasteiger partial charge in [-0.3, -0.25) is 9.59 Å². The molecule has 5 nitrogen and oxygen atoms in total. The largest absolute Gasteiger partial charge is 0.302 e. The molecule has 0 saturated heterocycles. The van der Waals surface area contributed by atoms with E-state index in [0.29, 0.717) is 24.4 Å². The predicted octanol–water partition coefficient (Wildman–Crippen LogP) is 4.75. The Morgan fingerprint density at radius 2 is 1.92 bits per heavy atom. The molecule has 2 aromatic rings. The topological polar surface area (TPSA) is 72.0 Å². The quantitative estimate of drug-likeness (QED) is 0.838. The van der Waals surface area contributed by atoms with Gasteiger partial charge in [0.1, 0.15) is 5.78 Å². The van der Waals surface area contributed by atoms with E-state index >= 15 is 0 Å². The number of nitrogens with zero attached hydrogens (tertiary/aromatic N) is 2. The first-order chi connectivity index (χ1) is 12.0. The predicted molar refractivity (Wildman–Crippen MR) is 102 cm³/mol. The van der Waals surface area contributed by atoms with E-state index in [4.69, 9.17) is 0 Å². The van der Waals surface area contributed by atoms with Crippen LogP contribution in [0.1, 0.15) is 55.6 Å². The second-order valence-corrected chi connectivity index (χ2v) is 8.63. The third kappa shape index (κ3) is 4.73. The number of aryl methyl sites for hydroxylation is 2. The monoisotopic (exact) mass is 377 g/mol. The Balaban J connectivity index is 0.000000401. The molecule has 1 N–H and O–H groups in total. The molecule has 4 rings (SSSR count). The summed E-state index contributed by atoms with van der Waals surface area (Å²) < 4.78 is 0. The molecule has 0 bridgehead atoms. The molecule has 2 saturated carbocycles. The van der Waals surface area contributed by atoms with E-state index in [9.17, 15) is 9.59 Å². The summed E-state index contributed by atoms with van der Waals surface area (Å²) in [6.45, 7) is 3.92. The minimum absolute atomic E-state index is 0.0982. The van der Waals surface area contributed by atoms with Crippen molar-refractivity contribution >= 4 is 39.5 Å². The molecule has 2 aliphatic carbocycles. The van der Waals surface area contributed by atoms with Crippen LogP contribution >= 0.6 is 22.7 Å². The zero-order valence-corrected chi connectivity index (χ0v) is 16.3. The summed E-state index contributed by atoms with van der Waals surface area (Å²) in [7, 11) is 0. The van der Waals surface area contributed by atoms with Gasteiger partial charge >= 0.3 is 0 Å². The third-order valence-corrected chi connectivity index (χ3v) is 6.34. The first-order valence-corrected chi connectivity index (χ1v) is 10.4. The van der Waals surface area contributed by atoms with Crippen molar-refractivity contribution in [1.82, 2.24) is 9.97 Å². The number of aromatic nitrogens is 2. The van der Waals surface area contributed by atoms with Gasteiger partial charge in [-0.25, -0.2) is 9.97 Å². The Labute approximate surface area is 155 Å². The Hall–Kier alpha value is -1.60. The van der Waals surface area contributed by atoms with Gasteiger partial charge in [0.15, 0.2) is 5.13 Å². The lowest BCUT2D eigenvalue weighted by atomic mass is 10.0. The molecule has 2 fully saturated rings. The molecule has 2 aromatic heterocycles. The molecule has 0 aliphatic heterocycles. The van der Waals surface area contributed by atoms with E-state index in [2.05, 4.69) is 15.3 Å². The normalized spacial score (nSPS) is 19.1. The van der Waals surface area contributed by atoms with E-state index in [1.807, 2.05) is 19.2 Å². The molecule has 0 spiro atoms. The fourth-order valence-electron chi connectivity index (χ4n) is 2.70. The van der Waals surface area contributed by atoms with E-state index in [-0.39, 0.29) is 17.6 Å². The molecular weight excluding hydrogens is 354 g/mol. The highest BCUT2D eigenvalue weighted by atomic mass is 32.1. The van der Waals surface area contributed by atoms with E-state index in [0.717, 1.165) is 21.3 Å². The Kier molecular flexibility index (Phi) is 5.96. The SMILES string of the molecule is C1CCC1.Cc1nc(C)c(-c2csc(NC(=O)C3CCC(=O)C3)n2)s1. The van der Waals surface area contributed by atoms with Gasteiger partial charge in [-0.2, -0.15) is 0 Å². The fourth-order valence-corrected chi connectivity index (χ4v) is 4.36. The molecule has 2 aliphatic rings. The zero-order valence-electron chi connectivity index (χ0n) is 14.6. The van der Waals surface area contributed by atoms with Gasteiger partial charge in [-0.15, -0.1) is 22.7 Å². The first-order valence-electron chi connectivity index (χ1n) is 8.75. The minimum atomic E-state index is -0.197. The molecule has 25 heavy (non-hydrogen) atoms. The Morgan fingerprint density at radius 1 is 1.20 bits per heavy atom. The van der Waals surface area contributed by atoms with Crippen LogP contribution in [0, 0.1) is 19.8 Å². The average Bonchev–Trinajstić information content (AvgIpc) is 3.18. The lowest BCUT2D eigenvalue weighted by Gasteiger charge is -2.06. The molecule has 7 heteroatoms. The zero-order chi connectivity index (χ0) is 17.8. The highest BCUT2D eigenvalue weighted by Gasteiger charge is 2.28.